The molecule has 0 saturated carbocycles. The fraction of sp³-hybridized carbons (Fsp3) is 0.316. The van der Waals surface area contributed by atoms with E-state index in [0.29, 0.717) is 0 Å². The molecule has 1 atom stereocenters. The summed E-state index contributed by atoms with van der Waals surface area (Å²) in [6.45, 7) is 3.11. The van der Waals surface area contributed by atoms with E-state index in [1.54, 1.807) is 7.11 Å². The van der Waals surface area contributed by atoms with Gasteiger partial charge in [-0.25, -0.2) is 0 Å². The molecule has 23 heavy (non-hydrogen) atoms. The number of hydrogen-bond donors (Lipinski definition) is 2. The van der Waals surface area contributed by atoms with Gasteiger partial charge in [0.15, 0.2) is 0 Å². The molecular weight excluding hydrogens is 286 g/mol. The number of hydrogen-bond acceptors (Lipinski definition) is 3. The summed E-state index contributed by atoms with van der Waals surface area (Å²) in [5.74, 6) is 0.903. The van der Waals surface area contributed by atoms with E-state index in [1.165, 1.54) is 22.2 Å². The third-order valence-corrected chi connectivity index (χ3v) is 4.71. The Bertz CT molecular complexity index is 836. The van der Waals surface area contributed by atoms with E-state index in [9.17, 15) is 0 Å². The summed E-state index contributed by atoms with van der Waals surface area (Å²) < 4.78 is 5.38. The lowest BCUT2D eigenvalue weighted by atomic mass is 9.96. The number of nitrogens with one attached hydrogen (secondary N) is 2. The first-order valence-electron chi connectivity index (χ1n) is 8.17. The molecule has 0 radical (unpaired) electrons. The standard InChI is InChI=1S/C19H21N3O/c1-3-12-4-6-17(21-11-12)19-18-14(8-9-20-19)15-10-13(23-2)5-7-16(15)22-18/h4-7,10-11,19-20,22H,3,8-9H2,1-2H3. The number of rotatable bonds is 3. The molecule has 2 aromatic heterocycles. The third kappa shape index (κ3) is 2.39. The van der Waals surface area contributed by atoms with Crippen LogP contribution in [0.3, 0.4) is 0 Å². The minimum Gasteiger partial charge on any atom is -0.497 e. The van der Waals surface area contributed by atoms with Crippen molar-refractivity contribution in [3.05, 3.63) is 59.0 Å². The fourth-order valence-corrected chi connectivity index (χ4v) is 3.40. The normalized spacial score (nSPS) is 17.2. The van der Waals surface area contributed by atoms with Crippen LogP contribution in [0.4, 0.5) is 0 Å². The van der Waals surface area contributed by atoms with Crippen molar-refractivity contribution < 1.29 is 4.74 Å². The summed E-state index contributed by atoms with van der Waals surface area (Å²) in [5, 5.41) is 4.85. The van der Waals surface area contributed by atoms with Gasteiger partial charge >= 0.3 is 0 Å². The molecule has 1 unspecified atom stereocenters. The van der Waals surface area contributed by atoms with E-state index < -0.39 is 0 Å². The molecular formula is C19H21N3O. The van der Waals surface area contributed by atoms with Gasteiger partial charge in [-0.2, -0.15) is 0 Å². The minimum absolute atomic E-state index is 0.128. The van der Waals surface area contributed by atoms with Crippen LogP contribution in [0.25, 0.3) is 10.9 Å². The van der Waals surface area contributed by atoms with Crippen molar-refractivity contribution in [3.63, 3.8) is 0 Å². The largest absolute Gasteiger partial charge is 0.497 e. The Morgan fingerprint density at radius 1 is 1.26 bits per heavy atom. The molecule has 1 aliphatic rings. The van der Waals surface area contributed by atoms with Crippen LogP contribution in [0.5, 0.6) is 5.75 Å². The maximum Gasteiger partial charge on any atom is 0.119 e. The van der Waals surface area contributed by atoms with Crippen LogP contribution in [0.15, 0.2) is 36.5 Å². The first-order chi connectivity index (χ1) is 11.3. The van der Waals surface area contributed by atoms with Gasteiger partial charge in [0.05, 0.1) is 18.8 Å². The van der Waals surface area contributed by atoms with Gasteiger partial charge in [0.2, 0.25) is 0 Å². The van der Waals surface area contributed by atoms with E-state index in [2.05, 4.69) is 46.5 Å². The van der Waals surface area contributed by atoms with Crippen LogP contribution in [-0.4, -0.2) is 23.6 Å². The highest BCUT2D eigenvalue weighted by atomic mass is 16.5. The number of aromatic nitrogens is 2. The zero-order valence-electron chi connectivity index (χ0n) is 13.5. The monoisotopic (exact) mass is 307 g/mol. The number of methoxy groups -OCH3 is 1. The first kappa shape index (κ1) is 14.3. The highest BCUT2D eigenvalue weighted by Crippen LogP contribution is 2.34. The molecule has 1 aromatic carbocycles. The lowest BCUT2D eigenvalue weighted by molar-refractivity contribution is 0.415. The van der Waals surface area contributed by atoms with E-state index >= 15 is 0 Å². The number of fused-ring (bicyclic) bond motifs is 3. The lowest BCUT2D eigenvalue weighted by Gasteiger charge is -2.24. The molecule has 0 bridgehead atoms. The second-order valence-electron chi connectivity index (χ2n) is 6.01. The average Bonchev–Trinajstić information content (AvgIpc) is 2.99. The zero-order chi connectivity index (χ0) is 15.8. The lowest BCUT2D eigenvalue weighted by Crippen LogP contribution is -2.31. The molecule has 4 rings (SSSR count). The number of aromatic amines is 1. The van der Waals surface area contributed by atoms with Crippen molar-refractivity contribution >= 4 is 10.9 Å². The SMILES string of the molecule is CCc1ccc(C2NCCc3c2[nH]c2ccc(OC)cc32)nc1. The molecule has 0 fully saturated rings. The Kier molecular flexibility index (Phi) is 3.54. The van der Waals surface area contributed by atoms with Gasteiger partial charge in [-0.15, -0.1) is 0 Å². The Labute approximate surface area is 135 Å². The average molecular weight is 307 g/mol. The number of nitrogens with zero attached hydrogens (tertiary/aromatic N) is 1. The van der Waals surface area contributed by atoms with Gasteiger partial charge < -0.3 is 15.0 Å². The van der Waals surface area contributed by atoms with Crippen molar-refractivity contribution in [2.45, 2.75) is 25.8 Å². The number of H-pyrrole nitrogens is 1. The van der Waals surface area contributed by atoms with Crippen molar-refractivity contribution in [2.24, 2.45) is 0 Å². The second-order valence-corrected chi connectivity index (χ2v) is 6.01. The summed E-state index contributed by atoms with van der Waals surface area (Å²) in [6.07, 6.45) is 4.02. The fourth-order valence-electron chi connectivity index (χ4n) is 3.40. The molecule has 0 spiro atoms. The molecule has 0 saturated heterocycles. The van der Waals surface area contributed by atoms with Crippen LogP contribution >= 0.6 is 0 Å². The molecule has 3 heterocycles. The molecule has 1 aliphatic heterocycles. The van der Waals surface area contributed by atoms with E-state index in [0.717, 1.165) is 36.3 Å². The number of ether oxygens (including phenoxy) is 1. The third-order valence-electron chi connectivity index (χ3n) is 4.71. The van der Waals surface area contributed by atoms with Crippen LogP contribution in [0.2, 0.25) is 0 Å². The van der Waals surface area contributed by atoms with Gasteiger partial charge in [-0.05, 0) is 48.2 Å². The smallest absolute Gasteiger partial charge is 0.119 e. The first-order valence-corrected chi connectivity index (χ1v) is 8.17. The van der Waals surface area contributed by atoms with Crippen molar-refractivity contribution in [1.82, 2.24) is 15.3 Å². The topological polar surface area (TPSA) is 49.9 Å². The summed E-state index contributed by atoms with van der Waals surface area (Å²) in [5.41, 5.74) is 6.11. The second kappa shape index (κ2) is 5.70. The van der Waals surface area contributed by atoms with Gasteiger partial charge in [-0.3, -0.25) is 4.98 Å². The predicted molar refractivity (Wildman–Crippen MR) is 92.0 cm³/mol. The molecule has 0 amide bonds. The zero-order valence-corrected chi connectivity index (χ0v) is 13.5. The molecule has 4 nitrogen and oxygen atoms in total. The van der Waals surface area contributed by atoms with Crippen molar-refractivity contribution in [1.29, 1.82) is 0 Å². The van der Waals surface area contributed by atoms with E-state index in [-0.39, 0.29) is 6.04 Å². The van der Waals surface area contributed by atoms with E-state index in [1.807, 2.05) is 12.3 Å². The minimum atomic E-state index is 0.128. The predicted octanol–water partition coefficient (Wildman–Crippen LogP) is 3.37. The van der Waals surface area contributed by atoms with Crippen LogP contribution in [0, 0.1) is 0 Å². The Morgan fingerprint density at radius 2 is 2.17 bits per heavy atom. The number of benzene rings is 1. The highest BCUT2D eigenvalue weighted by Gasteiger charge is 2.26. The Hall–Kier alpha value is -2.33. The van der Waals surface area contributed by atoms with Crippen LogP contribution in [0.1, 0.15) is 35.5 Å². The Balaban J connectivity index is 1.81. The molecule has 2 N–H and O–H groups in total. The van der Waals surface area contributed by atoms with Gasteiger partial charge in [0.1, 0.15) is 5.75 Å². The maximum absolute atomic E-state index is 5.38. The van der Waals surface area contributed by atoms with E-state index in [4.69, 9.17) is 4.74 Å². The summed E-state index contributed by atoms with van der Waals surface area (Å²) in [4.78, 5) is 8.26. The number of aryl methyl sites for hydroxylation is 1. The van der Waals surface area contributed by atoms with Gasteiger partial charge in [0.25, 0.3) is 0 Å². The van der Waals surface area contributed by atoms with Gasteiger partial charge in [-0.1, -0.05) is 13.0 Å². The van der Waals surface area contributed by atoms with Gasteiger partial charge in [0, 0.05) is 29.3 Å². The molecule has 4 heteroatoms. The number of pyridine rings is 1. The quantitative estimate of drug-likeness (QED) is 0.780. The molecule has 3 aromatic rings. The van der Waals surface area contributed by atoms with Crippen LogP contribution < -0.4 is 10.1 Å². The molecule has 0 aliphatic carbocycles. The van der Waals surface area contributed by atoms with Crippen molar-refractivity contribution in [2.75, 3.05) is 13.7 Å². The van der Waals surface area contributed by atoms with Crippen LogP contribution in [-0.2, 0) is 12.8 Å². The Morgan fingerprint density at radius 3 is 2.91 bits per heavy atom. The maximum atomic E-state index is 5.38. The highest BCUT2D eigenvalue weighted by molar-refractivity contribution is 5.86. The summed E-state index contributed by atoms with van der Waals surface area (Å²) in [7, 11) is 1.71. The summed E-state index contributed by atoms with van der Waals surface area (Å²) >= 11 is 0. The molecule has 118 valence electrons. The van der Waals surface area contributed by atoms with Crippen molar-refractivity contribution in [3.8, 4) is 5.75 Å². The summed E-state index contributed by atoms with van der Waals surface area (Å²) in [6, 6.07) is 10.7.